The van der Waals surface area contributed by atoms with E-state index in [1.165, 1.54) is 0 Å². The first kappa shape index (κ1) is 22.5. The molecule has 3 aliphatic heterocycles. The summed E-state index contributed by atoms with van der Waals surface area (Å²) in [6, 6.07) is 0. The van der Waals surface area contributed by atoms with Crippen LogP contribution in [0.2, 0.25) is 0 Å². The second-order valence-electron chi connectivity index (χ2n) is 11.5. The SMILES string of the molecule is CC1(C)CC[C@H](O)[C@]2(C)[C@]3(CCC4=CC(=O)OC4)OC=C[C@]12[C@H]1C[C@]3(C)C#CCCC(=O)O1. The van der Waals surface area contributed by atoms with E-state index in [1.54, 1.807) is 12.3 Å². The number of hydrogen-bond acceptors (Lipinski definition) is 6. The maximum atomic E-state index is 12.8. The summed E-state index contributed by atoms with van der Waals surface area (Å²) >= 11 is 0. The molecule has 0 aromatic heterocycles. The first-order valence-electron chi connectivity index (χ1n) is 12.1. The number of cyclic esters (lactones) is 1. The summed E-state index contributed by atoms with van der Waals surface area (Å²) in [5, 5.41) is 11.8. The number of aliphatic hydroxyl groups excluding tert-OH is 1. The molecule has 0 radical (unpaired) electrons. The summed E-state index contributed by atoms with van der Waals surface area (Å²) in [6.07, 6.45) is 8.21. The van der Waals surface area contributed by atoms with E-state index in [0.29, 0.717) is 38.7 Å². The molecule has 2 aliphatic carbocycles. The van der Waals surface area contributed by atoms with Crippen molar-refractivity contribution in [2.75, 3.05) is 6.61 Å². The molecule has 0 saturated heterocycles. The third-order valence-electron chi connectivity index (χ3n) is 9.73. The van der Waals surface area contributed by atoms with Gasteiger partial charge < -0.3 is 19.3 Å². The summed E-state index contributed by atoms with van der Waals surface area (Å²) in [5.74, 6) is 6.19. The summed E-state index contributed by atoms with van der Waals surface area (Å²) in [7, 11) is 0. The molecule has 3 heterocycles. The Bertz CT molecular complexity index is 1010. The van der Waals surface area contributed by atoms with Crippen molar-refractivity contribution in [3.05, 3.63) is 24.0 Å². The molecule has 6 nitrogen and oxygen atoms in total. The highest BCUT2D eigenvalue weighted by atomic mass is 16.5. The van der Waals surface area contributed by atoms with E-state index < -0.39 is 34.1 Å². The standard InChI is InChI=1S/C27H34O6/c1-23(2)11-9-19(28)25(4)26(23)13-14-32-27(25,12-8-18-15-22(30)31-17-18)24(3)10-6-5-7-21(29)33-20(26)16-24/h13-15,19-20,28H,5,7-9,11-12,16-17H2,1-4H3/t19-,20+,24-,25-,26-,27+/m0/s1. The summed E-state index contributed by atoms with van der Waals surface area (Å²) in [5.41, 5.74) is -2.20. The van der Waals surface area contributed by atoms with Gasteiger partial charge in [-0.25, -0.2) is 4.79 Å². The predicted molar refractivity (Wildman–Crippen MR) is 120 cm³/mol. The molecule has 5 rings (SSSR count). The predicted octanol–water partition coefficient (Wildman–Crippen LogP) is 3.83. The van der Waals surface area contributed by atoms with Gasteiger partial charge in [0.15, 0.2) is 0 Å². The normalized spacial score (nSPS) is 45.1. The molecule has 0 spiro atoms. The van der Waals surface area contributed by atoms with Crippen LogP contribution in [0.15, 0.2) is 24.0 Å². The van der Waals surface area contributed by atoms with Crippen LogP contribution in [0.25, 0.3) is 0 Å². The number of esters is 2. The van der Waals surface area contributed by atoms with Gasteiger partial charge in [0.1, 0.15) is 18.3 Å². The van der Waals surface area contributed by atoms with Gasteiger partial charge >= 0.3 is 11.9 Å². The van der Waals surface area contributed by atoms with Gasteiger partial charge in [-0.15, -0.1) is 5.92 Å². The van der Waals surface area contributed by atoms with Crippen molar-refractivity contribution < 1.29 is 28.9 Å². The van der Waals surface area contributed by atoms with Crippen molar-refractivity contribution in [3.8, 4) is 11.8 Å². The smallest absolute Gasteiger partial charge is 0.331 e. The fourth-order valence-corrected chi connectivity index (χ4v) is 8.05. The van der Waals surface area contributed by atoms with Crippen molar-refractivity contribution in [2.24, 2.45) is 21.7 Å². The molecule has 6 atom stereocenters. The molecule has 6 heteroatoms. The molecule has 5 aliphatic rings. The minimum absolute atomic E-state index is 0.231. The zero-order valence-corrected chi connectivity index (χ0v) is 20.0. The van der Waals surface area contributed by atoms with Crippen molar-refractivity contribution >= 4 is 11.9 Å². The fourth-order valence-electron chi connectivity index (χ4n) is 8.05. The Labute approximate surface area is 195 Å². The quantitative estimate of drug-likeness (QED) is 0.516. The third kappa shape index (κ3) is 2.72. The molecule has 0 unspecified atom stereocenters. The van der Waals surface area contributed by atoms with Crippen LogP contribution >= 0.6 is 0 Å². The van der Waals surface area contributed by atoms with Crippen molar-refractivity contribution in [1.29, 1.82) is 0 Å². The Morgan fingerprint density at radius 2 is 2.00 bits per heavy atom. The Morgan fingerprint density at radius 3 is 2.73 bits per heavy atom. The zero-order chi connectivity index (χ0) is 23.7. The molecule has 0 aromatic rings. The van der Waals surface area contributed by atoms with Gasteiger partial charge in [-0.3, -0.25) is 4.79 Å². The number of hydrogen-bond donors (Lipinski definition) is 1. The lowest BCUT2D eigenvalue weighted by Crippen LogP contribution is -2.80. The van der Waals surface area contributed by atoms with E-state index in [4.69, 9.17) is 14.2 Å². The lowest BCUT2D eigenvalue weighted by atomic mass is 9.32. The monoisotopic (exact) mass is 454 g/mol. The lowest BCUT2D eigenvalue weighted by molar-refractivity contribution is -0.336. The van der Waals surface area contributed by atoms with E-state index in [2.05, 4.69) is 45.6 Å². The van der Waals surface area contributed by atoms with Gasteiger partial charge in [-0.05, 0) is 49.7 Å². The van der Waals surface area contributed by atoms with Crippen LogP contribution in [0.5, 0.6) is 0 Å². The molecule has 178 valence electrons. The molecule has 0 aromatic carbocycles. The lowest BCUT2D eigenvalue weighted by Gasteiger charge is -2.75. The van der Waals surface area contributed by atoms with Crippen LogP contribution in [0, 0.1) is 33.5 Å². The van der Waals surface area contributed by atoms with E-state index in [1.807, 2.05) is 0 Å². The zero-order valence-electron chi connectivity index (χ0n) is 20.0. The molecule has 2 fully saturated rings. The van der Waals surface area contributed by atoms with E-state index in [9.17, 15) is 14.7 Å². The van der Waals surface area contributed by atoms with Crippen LogP contribution in [0.3, 0.4) is 0 Å². The summed E-state index contributed by atoms with van der Waals surface area (Å²) in [6.45, 7) is 8.95. The number of fused-ring (bicyclic) bond motifs is 3. The van der Waals surface area contributed by atoms with Crippen LogP contribution in [0.4, 0.5) is 0 Å². The minimum Gasteiger partial charge on any atom is -0.493 e. The molecular formula is C27H34O6. The molecule has 1 N–H and O–H groups in total. The maximum absolute atomic E-state index is 12.8. The Morgan fingerprint density at radius 1 is 1.21 bits per heavy atom. The van der Waals surface area contributed by atoms with Crippen LogP contribution in [-0.4, -0.2) is 41.5 Å². The highest BCUT2D eigenvalue weighted by molar-refractivity contribution is 5.85. The Balaban J connectivity index is 1.74. The molecule has 2 saturated carbocycles. The van der Waals surface area contributed by atoms with Gasteiger partial charge in [-0.1, -0.05) is 26.7 Å². The fraction of sp³-hybridized carbons (Fsp3) is 0.704. The minimum atomic E-state index is -0.835. The van der Waals surface area contributed by atoms with Crippen LogP contribution in [-0.2, 0) is 23.8 Å². The average molecular weight is 455 g/mol. The average Bonchev–Trinajstić information content (AvgIpc) is 3.19. The van der Waals surface area contributed by atoms with Gasteiger partial charge in [0.2, 0.25) is 0 Å². The number of aliphatic hydroxyl groups is 1. The number of rotatable bonds is 3. The second-order valence-corrected chi connectivity index (χ2v) is 11.5. The highest BCUT2D eigenvalue weighted by Crippen LogP contribution is 2.76. The molecule has 4 bridgehead atoms. The largest absolute Gasteiger partial charge is 0.493 e. The van der Waals surface area contributed by atoms with Crippen molar-refractivity contribution in [3.63, 3.8) is 0 Å². The topological polar surface area (TPSA) is 82.1 Å². The Hall–Kier alpha value is -2.26. The molecular weight excluding hydrogens is 420 g/mol. The number of carbonyl (C=O) groups excluding carboxylic acids is 2. The van der Waals surface area contributed by atoms with Crippen LogP contribution < -0.4 is 0 Å². The third-order valence-corrected chi connectivity index (χ3v) is 9.73. The second kappa shape index (κ2) is 7.12. The first-order chi connectivity index (χ1) is 15.5. The van der Waals surface area contributed by atoms with E-state index >= 15 is 0 Å². The molecule has 0 amide bonds. The first-order valence-corrected chi connectivity index (χ1v) is 12.1. The van der Waals surface area contributed by atoms with Gasteiger partial charge in [-0.2, -0.15) is 0 Å². The number of carbonyl (C=O) groups is 2. The highest BCUT2D eigenvalue weighted by Gasteiger charge is 2.81. The van der Waals surface area contributed by atoms with Gasteiger partial charge in [0, 0.05) is 29.7 Å². The number of ether oxygens (including phenoxy) is 3. The Kier molecular flexibility index (Phi) is 4.86. The van der Waals surface area contributed by atoms with Gasteiger partial charge in [0.05, 0.1) is 24.2 Å². The van der Waals surface area contributed by atoms with E-state index in [0.717, 1.165) is 12.0 Å². The van der Waals surface area contributed by atoms with Gasteiger partial charge in [0.25, 0.3) is 0 Å². The van der Waals surface area contributed by atoms with Crippen LogP contribution in [0.1, 0.15) is 72.6 Å². The van der Waals surface area contributed by atoms with E-state index in [-0.39, 0.29) is 23.8 Å². The van der Waals surface area contributed by atoms with Crippen molar-refractivity contribution in [1.82, 2.24) is 0 Å². The maximum Gasteiger partial charge on any atom is 0.331 e. The summed E-state index contributed by atoms with van der Waals surface area (Å²) < 4.78 is 18.0. The molecule has 33 heavy (non-hydrogen) atoms. The van der Waals surface area contributed by atoms with Crippen molar-refractivity contribution in [2.45, 2.75) is 90.4 Å². The summed E-state index contributed by atoms with van der Waals surface area (Å²) in [4.78, 5) is 24.5.